The van der Waals surface area contributed by atoms with Crippen LogP contribution in [0.5, 0.6) is 0 Å². The largest absolute Gasteiger partial charge is 0.480 e. The summed E-state index contributed by atoms with van der Waals surface area (Å²) in [6, 6.07) is -0.899. The molecule has 0 aliphatic heterocycles. The molecule has 0 spiro atoms. The highest BCUT2D eigenvalue weighted by atomic mass is 16.4. The highest BCUT2D eigenvalue weighted by Gasteiger charge is 2.23. The molecule has 1 saturated carbocycles. The number of carbonyl (C=O) groups is 2. The number of hydrogen-bond acceptors (Lipinski definition) is 3. The Hall–Kier alpha value is -1.85. The van der Waals surface area contributed by atoms with Crippen molar-refractivity contribution in [1.82, 2.24) is 15.3 Å². The predicted molar refractivity (Wildman–Crippen MR) is 77.7 cm³/mol. The Morgan fingerprint density at radius 2 is 2.05 bits per heavy atom. The third-order valence-electron chi connectivity index (χ3n) is 4.06. The average Bonchev–Trinajstić information content (AvgIpc) is 2.81. The number of carboxylic acids is 1. The van der Waals surface area contributed by atoms with E-state index in [9.17, 15) is 14.7 Å². The smallest absolute Gasteiger partial charge is 0.326 e. The van der Waals surface area contributed by atoms with Crippen molar-refractivity contribution in [3.8, 4) is 0 Å². The number of nitrogens with one attached hydrogen (secondary N) is 2. The van der Waals surface area contributed by atoms with E-state index in [0.29, 0.717) is 18.0 Å². The molecular weight excluding hydrogens is 270 g/mol. The van der Waals surface area contributed by atoms with Gasteiger partial charge in [-0.15, -0.1) is 0 Å². The zero-order valence-corrected chi connectivity index (χ0v) is 12.2. The van der Waals surface area contributed by atoms with Gasteiger partial charge in [0.25, 0.3) is 0 Å². The van der Waals surface area contributed by atoms with Crippen LogP contribution in [-0.4, -0.2) is 33.0 Å². The Morgan fingerprint density at radius 3 is 2.62 bits per heavy atom. The highest BCUT2D eigenvalue weighted by Crippen LogP contribution is 2.25. The molecule has 1 aliphatic carbocycles. The van der Waals surface area contributed by atoms with Crippen LogP contribution < -0.4 is 5.32 Å². The number of rotatable bonds is 6. The molecule has 0 unspecified atom stereocenters. The van der Waals surface area contributed by atoms with Crippen molar-refractivity contribution in [3.05, 3.63) is 18.2 Å². The fraction of sp³-hybridized carbons (Fsp3) is 0.667. The van der Waals surface area contributed by atoms with Crippen LogP contribution in [-0.2, 0) is 16.0 Å². The van der Waals surface area contributed by atoms with Gasteiger partial charge in [0.2, 0.25) is 5.91 Å². The normalized spacial score (nSPS) is 17.9. The van der Waals surface area contributed by atoms with Crippen molar-refractivity contribution in [3.63, 3.8) is 0 Å². The molecule has 1 heterocycles. The van der Waals surface area contributed by atoms with Crippen molar-refractivity contribution >= 4 is 11.9 Å². The molecule has 2 rings (SSSR count). The Labute approximate surface area is 124 Å². The predicted octanol–water partition coefficient (Wildman–Crippen LogP) is 1.88. The van der Waals surface area contributed by atoms with Crippen molar-refractivity contribution in [2.24, 2.45) is 5.92 Å². The van der Waals surface area contributed by atoms with E-state index in [4.69, 9.17) is 0 Å². The van der Waals surface area contributed by atoms with Crippen LogP contribution in [0.25, 0.3) is 0 Å². The molecule has 3 N–H and O–H groups in total. The van der Waals surface area contributed by atoms with Gasteiger partial charge in [-0.25, -0.2) is 9.78 Å². The first-order chi connectivity index (χ1) is 10.1. The van der Waals surface area contributed by atoms with Crippen LogP contribution in [0.15, 0.2) is 12.5 Å². The van der Waals surface area contributed by atoms with Crippen LogP contribution in [0.4, 0.5) is 0 Å². The zero-order valence-electron chi connectivity index (χ0n) is 12.2. The maximum absolute atomic E-state index is 12.1. The van der Waals surface area contributed by atoms with E-state index in [1.54, 1.807) is 6.20 Å². The van der Waals surface area contributed by atoms with Crippen molar-refractivity contribution in [2.75, 3.05) is 0 Å². The van der Waals surface area contributed by atoms with Gasteiger partial charge in [0.15, 0.2) is 0 Å². The van der Waals surface area contributed by atoms with Gasteiger partial charge >= 0.3 is 5.97 Å². The van der Waals surface area contributed by atoms with Gasteiger partial charge in [0, 0.05) is 24.7 Å². The summed E-state index contributed by atoms with van der Waals surface area (Å²) >= 11 is 0. The standard InChI is InChI=1S/C15H23N3O3/c19-14(7-11-5-3-1-2-4-6-11)18-13(15(20)21)8-12-9-16-10-17-12/h9-11,13H,1-8H2,(H,16,17)(H,18,19)(H,20,21)/t13-/m0/s1. The number of amides is 1. The molecule has 0 aromatic carbocycles. The maximum Gasteiger partial charge on any atom is 0.326 e. The summed E-state index contributed by atoms with van der Waals surface area (Å²) in [5.74, 6) is -0.776. The number of H-pyrrole nitrogens is 1. The minimum Gasteiger partial charge on any atom is -0.480 e. The molecule has 0 bridgehead atoms. The second kappa shape index (κ2) is 7.81. The Balaban J connectivity index is 1.84. The fourth-order valence-electron chi connectivity index (χ4n) is 2.90. The van der Waals surface area contributed by atoms with Gasteiger partial charge in [-0.05, 0) is 18.8 Å². The number of carbonyl (C=O) groups excluding carboxylic acids is 1. The monoisotopic (exact) mass is 293 g/mol. The van der Waals surface area contributed by atoms with E-state index in [-0.39, 0.29) is 12.3 Å². The first-order valence-corrected chi connectivity index (χ1v) is 7.64. The van der Waals surface area contributed by atoms with Crippen LogP contribution in [0.3, 0.4) is 0 Å². The second-order valence-corrected chi connectivity index (χ2v) is 5.80. The Bertz CT molecular complexity index is 451. The lowest BCUT2D eigenvalue weighted by atomic mass is 9.96. The summed E-state index contributed by atoms with van der Waals surface area (Å²) in [6.45, 7) is 0. The molecule has 1 aromatic rings. The first-order valence-electron chi connectivity index (χ1n) is 7.64. The fourth-order valence-corrected chi connectivity index (χ4v) is 2.90. The summed E-state index contributed by atoms with van der Waals surface area (Å²) in [4.78, 5) is 30.0. The molecule has 0 radical (unpaired) electrons. The lowest BCUT2D eigenvalue weighted by molar-refractivity contribution is -0.142. The van der Waals surface area contributed by atoms with Gasteiger partial charge in [0.05, 0.1) is 6.33 Å². The van der Waals surface area contributed by atoms with Gasteiger partial charge in [-0.2, -0.15) is 0 Å². The van der Waals surface area contributed by atoms with E-state index in [2.05, 4.69) is 15.3 Å². The van der Waals surface area contributed by atoms with E-state index < -0.39 is 12.0 Å². The first kappa shape index (κ1) is 15.5. The molecule has 1 aromatic heterocycles. The van der Waals surface area contributed by atoms with Crippen LogP contribution in [0, 0.1) is 5.92 Å². The molecule has 1 aliphatic rings. The molecule has 6 nitrogen and oxygen atoms in total. The van der Waals surface area contributed by atoms with Crippen molar-refractivity contribution in [1.29, 1.82) is 0 Å². The van der Waals surface area contributed by atoms with Gasteiger partial charge in [-0.1, -0.05) is 25.7 Å². The van der Waals surface area contributed by atoms with E-state index in [1.165, 1.54) is 32.0 Å². The third-order valence-corrected chi connectivity index (χ3v) is 4.06. The summed E-state index contributed by atoms with van der Waals surface area (Å²) in [7, 11) is 0. The van der Waals surface area contributed by atoms with Crippen LogP contribution >= 0.6 is 0 Å². The minimum absolute atomic E-state index is 0.159. The molecule has 1 fully saturated rings. The highest BCUT2D eigenvalue weighted by molar-refractivity contribution is 5.83. The molecule has 21 heavy (non-hydrogen) atoms. The average molecular weight is 293 g/mol. The van der Waals surface area contributed by atoms with Crippen LogP contribution in [0.2, 0.25) is 0 Å². The van der Waals surface area contributed by atoms with E-state index >= 15 is 0 Å². The van der Waals surface area contributed by atoms with Crippen LogP contribution in [0.1, 0.15) is 50.6 Å². The summed E-state index contributed by atoms with van der Waals surface area (Å²) < 4.78 is 0. The summed E-state index contributed by atoms with van der Waals surface area (Å²) in [6.07, 6.45) is 10.7. The number of aromatic nitrogens is 2. The second-order valence-electron chi connectivity index (χ2n) is 5.80. The minimum atomic E-state index is -1.01. The lowest BCUT2D eigenvalue weighted by Gasteiger charge is -2.17. The molecule has 1 amide bonds. The Kier molecular flexibility index (Phi) is 5.78. The van der Waals surface area contributed by atoms with Gasteiger partial charge in [0.1, 0.15) is 6.04 Å². The topological polar surface area (TPSA) is 95.1 Å². The van der Waals surface area contributed by atoms with E-state index in [1.807, 2.05) is 0 Å². The molecular formula is C15H23N3O3. The number of aromatic amines is 1. The molecule has 1 atom stereocenters. The summed E-state index contributed by atoms with van der Waals surface area (Å²) in [5.41, 5.74) is 0.706. The number of hydrogen-bond donors (Lipinski definition) is 3. The SMILES string of the molecule is O=C(CC1CCCCCC1)N[C@@H](Cc1cnc[nH]1)C(=O)O. The molecule has 0 saturated heterocycles. The van der Waals surface area contributed by atoms with Gasteiger partial charge in [-0.3, -0.25) is 4.79 Å². The number of imidazole rings is 1. The maximum atomic E-state index is 12.1. The number of nitrogens with zero attached hydrogens (tertiary/aromatic N) is 1. The number of carboxylic acid groups (broad SMARTS) is 1. The summed E-state index contributed by atoms with van der Waals surface area (Å²) in [5, 5.41) is 11.9. The lowest BCUT2D eigenvalue weighted by Crippen LogP contribution is -2.42. The van der Waals surface area contributed by atoms with Crippen molar-refractivity contribution < 1.29 is 14.7 Å². The van der Waals surface area contributed by atoms with Crippen molar-refractivity contribution in [2.45, 2.75) is 57.4 Å². The quantitative estimate of drug-likeness (QED) is 0.698. The zero-order chi connectivity index (χ0) is 15.1. The van der Waals surface area contributed by atoms with E-state index in [0.717, 1.165) is 12.8 Å². The third kappa shape index (κ3) is 5.21. The number of aliphatic carboxylic acids is 1. The molecule has 6 heteroatoms. The molecule has 116 valence electrons. The Morgan fingerprint density at radius 1 is 1.33 bits per heavy atom. The van der Waals surface area contributed by atoms with Gasteiger partial charge < -0.3 is 15.4 Å².